The Bertz CT molecular complexity index is 1180. The van der Waals surface area contributed by atoms with E-state index in [-0.39, 0.29) is 27.7 Å². The third-order valence-corrected chi connectivity index (χ3v) is 7.35. The Morgan fingerprint density at radius 1 is 0.714 bits per heavy atom. The van der Waals surface area contributed by atoms with Crippen molar-refractivity contribution in [2.75, 3.05) is 6.54 Å². The van der Waals surface area contributed by atoms with Crippen LogP contribution in [0.3, 0.4) is 0 Å². The van der Waals surface area contributed by atoms with Gasteiger partial charge in [0.15, 0.2) is 0 Å². The summed E-state index contributed by atoms with van der Waals surface area (Å²) in [7, 11) is -7.78. The molecule has 0 spiro atoms. The van der Waals surface area contributed by atoms with E-state index in [9.17, 15) is 21.2 Å². The molecule has 0 radical (unpaired) electrons. The number of sulfonamides is 1. The number of benzene rings is 3. The van der Waals surface area contributed by atoms with Crippen molar-refractivity contribution in [2.24, 2.45) is 0 Å². The molecule has 0 aromatic heterocycles. The van der Waals surface area contributed by atoms with E-state index >= 15 is 0 Å². The van der Waals surface area contributed by atoms with Crippen LogP contribution in [0.4, 0.5) is 4.39 Å². The Morgan fingerprint density at radius 2 is 1.32 bits per heavy atom. The average molecular weight is 419 g/mol. The molecule has 3 aromatic carbocycles. The first-order chi connectivity index (χ1) is 13.3. The standard InChI is InChI=1S/C20H18FNO4S2/c21-20-12-5-4-7-16(20)13-14-22-28(25,26)19-11-6-10-18(15-19)27(23,24)17-8-2-1-3-9-17/h1-12,15,22H,13-14H2. The van der Waals surface area contributed by atoms with Gasteiger partial charge in [0.1, 0.15) is 5.82 Å². The maximum Gasteiger partial charge on any atom is 0.240 e. The highest BCUT2D eigenvalue weighted by molar-refractivity contribution is 7.91. The average Bonchev–Trinajstić information content (AvgIpc) is 2.70. The fraction of sp³-hybridized carbons (Fsp3) is 0.100. The second kappa shape index (κ2) is 8.22. The molecule has 0 atom stereocenters. The molecule has 3 aromatic rings. The van der Waals surface area contributed by atoms with E-state index in [4.69, 9.17) is 0 Å². The number of hydrogen-bond acceptors (Lipinski definition) is 4. The van der Waals surface area contributed by atoms with Gasteiger partial charge in [-0.15, -0.1) is 0 Å². The van der Waals surface area contributed by atoms with Crippen LogP contribution in [-0.2, 0) is 26.3 Å². The highest BCUT2D eigenvalue weighted by atomic mass is 32.2. The fourth-order valence-electron chi connectivity index (χ4n) is 2.65. The molecule has 28 heavy (non-hydrogen) atoms. The summed E-state index contributed by atoms with van der Waals surface area (Å²) in [5.41, 5.74) is 0.394. The van der Waals surface area contributed by atoms with Gasteiger partial charge in [-0.3, -0.25) is 0 Å². The fourth-order valence-corrected chi connectivity index (χ4v) is 5.13. The van der Waals surface area contributed by atoms with Crippen molar-refractivity contribution in [3.8, 4) is 0 Å². The van der Waals surface area contributed by atoms with Gasteiger partial charge in [-0.1, -0.05) is 42.5 Å². The van der Waals surface area contributed by atoms with Gasteiger partial charge in [-0.05, 0) is 48.4 Å². The van der Waals surface area contributed by atoms with Crippen LogP contribution in [0.15, 0.2) is 93.5 Å². The molecule has 0 amide bonds. The van der Waals surface area contributed by atoms with Crippen molar-refractivity contribution in [3.63, 3.8) is 0 Å². The topological polar surface area (TPSA) is 80.3 Å². The Hall–Kier alpha value is -2.55. The summed E-state index contributed by atoms with van der Waals surface area (Å²) in [6.07, 6.45) is 0.175. The van der Waals surface area contributed by atoms with Gasteiger partial charge in [-0.2, -0.15) is 0 Å². The number of hydrogen-bond donors (Lipinski definition) is 1. The van der Waals surface area contributed by atoms with E-state index in [2.05, 4.69) is 4.72 Å². The molecule has 0 fully saturated rings. The number of rotatable bonds is 7. The molecule has 0 aliphatic carbocycles. The summed E-state index contributed by atoms with van der Waals surface area (Å²) in [4.78, 5) is -0.203. The third kappa shape index (κ3) is 4.46. The Labute approximate surface area is 163 Å². The van der Waals surface area contributed by atoms with Crippen LogP contribution >= 0.6 is 0 Å². The van der Waals surface area contributed by atoms with Crippen LogP contribution in [0.1, 0.15) is 5.56 Å². The zero-order valence-electron chi connectivity index (χ0n) is 14.7. The summed E-state index contributed by atoms with van der Waals surface area (Å²) in [5, 5.41) is 0. The van der Waals surface area contributed by atoms with E-state index < -0.39 is 25.7 Å². The SMILES string of the molecule is O=S(=O)(NCCc1ccccc1F)c1cccc(S(=O)(=O)c2ccccc2)c1. The van der Waals surface area contributed by atoms with Crippen LogP contribution in [-0.4, -0.2) is 23.4 Å². The van der Waals surface area contributed by atoms with Crippen molar-refractivity contribution < 1.29 is 21.2 Å². The predicted molar refractivity (Wildman–Crippen MR) is 104 cm³/mol. The lowest BCUT2D eigenvalue weighted by Crippen LogP contribution is -2.26. The van der Waals surface area contributed by atoms with Crippen molar-refractivity contribution in [1.29, 1.82) is 0 Å². The minimum atomic E-state index is -3.95. The molecular weight excluding hydrogens is 401 g/mol. The summed E-state index contributed by atoms with van der Waals surface area (Å²) in [6.45, 7) is -0.0150. The first-order valence-electron chi connectivity index (χ1n) is 8.44. The third-order valence-electron chi connectivity index (χ3n) is 4.12. The molecule has 8 heteroatoms. The molecule has 0 saturated carbocycles. The van der Waals surface area contributed by atoms with E-state index in [0.717, 1.165) is 6.07 Å². The number of nitrogens with one attached hydrogen (secondary N) is 1. The highest BCUT2D eigenvalue weighted by Gasteiger charge is 2.21. The zero-order valence-corrected chi connectivity index (χ0v) is 16.4. The predicted octanol–water partition coefficient (Wildman–Crippen LogP) is 3.18. The Morgan fingerprint density at radius 3 is 2.04 bits per heavy atom. The van der Waals surface area contributed by atoms with Crippen LogP contribution in [0.5, 0.6) is 0 Å². The highest BCUT2D eigenvalue weighted by Crippen LogP contribution is 2.23. The Balaban J connectivity index is 1.80. The summed E-state index contributed by atoms with van der Waals surface area (Å²) in [5.74, 6) is -0.405. The minimum absolute atomic E-state index is 0.0150. The Kier molecular flexibility index (Phi) is 5.93. The maximum atomic E-state index is 13.6. The molecule has 5 nitrogen and oxygen atoms in total. The lowest BCUT2D eigenvalue weighted by Gasteiger charge is -2.10. The second-order valence-electron chi connectivity index (χ2n) is 6.03. The normalized spacial score (nSPS) is 12.0. The van der Waals surface area contributed by atoms with Gasteiger partial charge >= 0.3 is 0 Å². The molecule has 0 unspecified atom stereocenters. The van der Waals surface area contributed by atoms with Crippen LogP contribution in [0.2, 0.25) is 0 Å². The molecule has 0 saturated heterocycles. The van der Waals surface area contributed by atoms with Gasteiger partial charge in [-0.25, -0.2) is 25.9 Å². The van der Waals surface area contributed by atoms with Gasteiger partial charge in [0.2, 0.25) is 19.9 Å². The maximum absolute atomic E-state index is 13.6. The first-order valence-corrected chi connectivity index (χ1v) is 11.4. The molecule has 1 N–H and O–H groups in total. The van der Waals surface area contributed by atoms with Crippen molar-refractivity contribution >= 4 is 19.9 Å². The van der Waals surface area contributed by atoms with Crippen LogP contribution in [0, 0.1) is 5.82 Å². The number of halogens is 1. The largest absolute Gasteiger partial charge is 0.240 e. The lowest BCUT2D eigenvalue weighted by atomic mass is 10.1. The van der Waals surface area contributed by atoms with Gasteiger partial charge < -0.3 is 0 Å². The summed E-state index contributed by atoms with van der Waals surface area (Å²) < 4.78 is 66.4. The van der Waals surface area contributed by atoms with Crippen LogP contribution < -0.4 is 4.72 Å². The smallest absolute Gasteiger partial charge is 0.219 e. The van der Waals surface area contributed by atoms with Crippen molar-refractivity contribution in [2.45, 2.75) is 21.1 Å². The molecule has 146 valence electrons. The van der Waals surface area contributed by atoms with Crippen molar-refractivity contribution in [1.82, 2.24) is 4.72 Å². The van der Waals surface area contributed by atoms with E-state index in [1.165, 1.54) is 36.4 Å². The molecular formula is C20H18FNO4S2. The monoisotopic (exact) mass is 419 g/mol. The van der Waals surface area contributed by atoms with Gasteiger partial charge in [0.05, 0.1) is 14.7 Å². The molecule has 0 heterocycles. The molecule has 0 aliphatic rings. The quantitative estimate of drug-likeness (QED) is 0.638. The van der Waals surface area contributed by atoms with E-state index in [1.54, 1.807) is 36.4 Å². The number of sulfone groups is 1. The van der Waals surface area contributed by atoms with Crippen LogP contribution in [0.25, 0.3) is 0 Å². The van der Waals surface area contributed by atoms with E-state index in [0.29, 0.717) is 5.56 Å². The first kappa shape index (κ1) is 20.2. The summed E-state index contributed by atoms with van der Waals surface area (Å²) >= 11 is 0. The molecule has 3 rings (SSSR count). The van der Waals surface area contributed by atoms with Gasteiger partial charge in [0, 0.05) is 6.54 Å². The lowest BCUT2D eigenvalue weighted by molar-refractivity contribution is 0.577. The van der Waals surface area contributed by atoms with Gasteiger partial charge in [0.25, 0.3) is 0 Å². The van der Waals surface area contributed by atoms with Crippen molar-refractivity contribution in [3.05, 3.63) is 90.2 Å². The zero-order chi connectivity index (χ0) is 20.2. The molecule has 0 aliphatic heterocycles. The summed E-state index contributed by atoms with van der Waals surface area (Å²) in [6, 6.07) is 19.1. The minimum Gasteiger partial charge on any atom is -0.219 e. The van der Waals surface area contributed by atoms with E-state index in [1.807, 2.05) is 0 Å². The second-order valence-corrected chi connectivity index (χ2v) is 9.75. The molecule has 0 bridgehead atoms.